The number of nitro groups is 2. The van der Waals surface area contributed by atoms with Crippen molar-refractivity contribution in [2.75, 3.05) is 0 Å². The predicted octanol–water partition coefficient (Wildman–Crippen LogP) is 2.62. The summed E-state index contributed by atoms with van der Waals surface area (Å²) in [5.41, 5.74) is -2.30. The SMILES string of the molecule is Cc1ccc(-c2ccc(/C=C/c3[nH]c(=O)[nH]c(=O)c3[N+](=O)[O-])o2)c([N+](=O)[O-])c1. The maximum atomic E-state index is 11.6. The number of nitrogens with one attached hydrogen (secondary N) is 2. The van der Waals surface area contributed by atoms with E-state index in [1.807, 2.05) is 0 Å². The lowest BCUT2D eigenvalue weighted by Gasteiger charge is -2.01. The zero-order valence-electron chi connectivity index (χ0n) is 14.3. The first-order valence-corrected chi connectivity index (χ1v) is 7.80. The minimum Gasteiger partial charge on any atom is -0.456 e. The minimum atomic E-state index is -1.14. The predicted molar refractivity (Wildman–Crippen MR) is 98.8 cm³/mol. The number of nitrogens with zero attached hydrogens (tertiary/aromatic N) is 2. The van der Waals surface area contributed by atoms with Crippen LogP contribution in [0, 0.1) is 27.2 Å². The Morgan fingerprint density at radius 2 is 1.75 bits per heavy atom. The summed E-state index contributed by atoms with van der Waals surface area (Å²) in [5.74, 6) is 0.431. The molecular weight excluding hydrogens is 372 g/mol. The van der Waals surface area contributed by atoms with E-state index in [0.29, 0.717) is 5.56 Å². The van der Waals surface area contributed by atoms with Gasteiger partial charge in [0.1, 0.15) is 17.2 Å². The van der Waals surface area contributed by atoms with Crippen molar-refractivity contribution in [1.82, 2.24) is 9.97 Å². The number of aryl methyl sites for hydroxylation is 1. The summed E-state index contributed by atoms with van der Waals surface area (Å²) in [5, 5.41) is 22.3. The molecule has 0 saturated heterocycles. The smallest absolute Gasteiger partial charge is 0.357 e. The number of benzene rings is 1. The van der Waals surface area contributed by atoms with E-state index < -0.39 is 26.8 Å². The Hall–Kier alpha value is -4.28. The van der Waals surface area contributed by atoms with Crippen molar-refractivity contribution in [3.05, 3.63) is 88.4 Å². The van der Waals surface area contributed by atoms with Gasteiger partial charge in [-0.25, -0.2) is 4.79 Å². The van der Waals surface area contributed by atoms with Crippen LogP contribution in [-0.2, 0) is 0 Å². The highest BCUT2D eigenvalue weighted by molar-refractivity contribution is 5.73. The van der Waals surface area contributed by atoms with E-state index in [1.54, 1.807) is 24.0 Å². The molecule has 0 unspecified atom stereocenters. The van der Waals surface area contributed by atoms with Crippen LogP contribution < -0.4 is 11.2 Å². The average Bonchev–Trinajstić information content (AvgIpc) is 3.07. The third-order valence-electron chi connectivity index (χ3n) is 3.78. The summed E-state index contributed by atoms with van der Waals surface area (Å²) in [6.07, 6.45) is 2.43. The second-order valence-electron chi connectivity index (χ2n) is 5.74. The molecular formula is C17H12N4O7. The van der Waals surface area contributed by atoms with Crippen LogP contribution in [0.5, 0.6) is 0 Å². The maximum Gasteiger partial charge on any atom is 0.357 e. The summed E-state index contributed by atoms with van der Waals surface area (Å²) in [6, 6.07) is 7.67. The monoisotopic (exact) mass is 384 g/mol. The molecule has 0 aliphatic heterocycles. The molecule has 0 amide bonds. The number of furan rings is 1. The Bertz CT molecular complexity index is 1230. The van der Waals surface area contributed by atoms with Crippen LogP contribution in [0.25, 0.3) is 23.5 Å². The summed E-state index contributed by atoms with van der Waals surface area (Å²) < 4.78 is 5.54. The highest BCUT2D eigenvalue weighted by Gasteiger charge is 2.20. The summed E-state index contributed by atoms with van der Waals surface area (Å²) >= 11 is 0. The van der Waals surface area contributed by atoms with Crippen LogP contribution in [-0.4, -0.2) is 19.8 Å². The van der Waals surface area contributed by atoms with Gasteiger partial charge in [-0.1, -0.05) is 6.07 Å². The lowest BCUT2D eigenvalue weighted by atomic mass is 10.1. The van der Waals surface area contributed by atoms with Crippen LogP contribution >= 0.6 is 0 Å². The van der Waals surface area contributed by atoms with Crippen molar-refractivity contribution in [2.45, 2.75) is 6.92 Å². The Kier molecular flexibility index (Phi) is 4.73. The fraction of sp³-hybridized carbons (Fsp3) is 0.0588. The number of H-pyrrole nitrogens is 2. The van der Waals surface area contributed by atoms with Gasteiger partial charge in [-0.05, 0) is 42.8 Å². The first-order chi connectivity index (χ1) is 13.3. The first-order valence-electron chi connectivity index (χ1n) is 7.80. The molecule has 2 heterocycles. The molecule has 2 N–H and O–H groups in total. The average molecular weight is 384 g/mol. The van der Waals surface area contributed by atoms with E-state index in [4.69, 9.17) is 4.42 Å². The molecule has 0 saturated carbocycles. The molecule has 0 aliphatic carbocycles. The van der Waals surface area contributed by atoms with Gasteiger partial charge in [-0.15, -0.1) is 0 Å². The van der Waals surface area contributed by atoms with Crippen LogP contribution in [0.2, 0.25) is 0 Å². The van der Waals surface area contributed by atoms with Gasteiger partial charge in [0.2, 0.25) is 0 Å². The molecule has 2 aromatic heterocycles. The van der Waals surface area contributed by atoms with Gasteiger partial charge in [0.25, 0.3) is 5.69 Å². The highest BCUT2D eigenvalue weighted by atomic mass is 16.6. The van der Waals surface area contributed by atoms with Gasteiger partial charge >= 0.3 is 16.9 Å². The number of hydrogen-bond acceptors (Lipinski definition) is 7. The third kappa shape index (κ3) is 3.62. The van der Waals surface area contributed by atoms with Crippen LogP contribution in [0.4, 0.5) is 11.4 Å². The van der Waals surface area contributed by atoms with Gasteiger partial charge in [-0.3, -0.25) is 30.0 Å². The van der Waals surface area contributed by atoms with E-state index in [2.05, 4.69) is 4.98 Å². The van der Waals surface area contributed by atoms with Crippen molar-refractivity contribution < 1.29 is 14.3 Å². The Morgan fingerprint density at radius 1 is 1.00 bits per heavy atom. The summed E-state index contributed by atoms with van der Waals surface area (Å²) in [7, 11) is 0. The number of aromatic amines is 2. The number of aromatic nitrogens is 2. The lowest BCUT2D eigenvalue weighted by Crippen LogP contribution is -2.25. The standard InChI is InChI=1S/C17H12N4O7/c1-9-2-5-11(13(8-9)20(24)25)14-7-4-10(28-14)3-6-12-15(21(26)27)16(22)19-17(23)18-12/h2-8H,1H3,(H2,18,19,22,23)/b6-3+. The fourth-order valence-corrected chi connectivity index (χ4v) is 2.55. The normalized spacial score (nSPS) is 11.0. The third-order valence-corrected chi connectivity index (χ3v) is 3.78. The molecule has 0 atom stereocenters. The summed E-state index contributed by atoms with van der Waals surface area (Å²) in [6.45, 7) is 1.72. The van der Waals surface area contributed by atoms with Crippen LogP contribution in [0.15, 0.2) is 44.3 Å². The van der Waals surface area contributed by atoms with Gasteiger partial charge in [0.15, 0.2) is 0 Å². The van der Waals surface area contributed by atoms with E-state index >= 15 is 0 Å². The molecule has 28 heavy (non-hydrogen) atoms. The first kappa shape index (κ1) is 18.5. The molecule has 3 rings (SSSR count). The van der Waals surface area contributed by atoms with E-state index in [0.717, 1.165) is 6.08 Å². The minimum absolute atomic E-state index is 0.126. The zero-order valence-corrected chi connectivity index (χ0v) is 14.3. The molecule has 0 radical (unpaired) electrons. The molecule has 11 heteroatoms. The van der Waals surface area contributed by atoms with E-state index in [-0.39, 0.29) is 28.5 Å². The highest BCUT2D eigenvalue weighted by Crippen LogP contribution is 2.32. The van der Waals surface area contributed by atoms with Gasteiger partial charge in [-0.2, -0.15) is 0 Å². The van der Waals surface area contributed by atoms with Crippen molar-refractivity contribution in [3.8, 4) is 11.3 Å². The fourth-order valence-electron chi connectivity index (χ4n) is 2.55. The number of nitro benzene ring substituents is 1. The summed E-state index contributed by atoms with van der Waals surface area (Å²) in [4.78, 5) is 47.7. The van der Waals surface area contributed by atoms with Gasteiger partial charge in [0, 0.05) is 6.07 Å². The lowest BCUT2D eigenvalue weighted by molar-refractivity contribution is -0.386. The molecule has 11 nitrogen and oxygen atoms in total. The maximum absolute atomic E-state index is 11.6. The molecule has 3 aromatic rings. The molecule has 1 aromatic carbocycles. The van der Waals surface area contributed by atoms with Crippen molar-refractivity contribution in [2.24, 2.45) is 0 Å². The van der Waals surface area contributed by atoms with E-state index in [1.165, 1.54) is 24.3 Å². The van der Waals surface area contributed by atoms with Crippen molar-refractivity contribution >= 4 is 23.5 Å². The quantitative estimate of drug-likeness (QED) is 0.504. The van der Waals surface area contributed by atoms with Crippen molar-refractivity contribution in [1.29, 1.82) is 0 Å². The Balaban J connectivity index is 2.00. The largest absolute Gasteiger partial charge is 0.456 e. The molecule has 142 valence electrons. The van der Waals surface area contributed by atoms with Gasteiger partial charge < -0.3 is 9.40 Å². The van der Waals surface area contributed by atoms with Crippen molar-refractivity contribution in [3.63, 3.8) is 0 Å². The van der Waals surface area contributed by atoms with Crippen LogP contribution in [0.3, 0.4) is 0 Å². The second kappa shape index (κ2) is 7.15. The van der Waals surface area contributed by atoms with Gasteiger partial charge in [0.05, 0.1) is 15.4 Å². The van der Waals surface area contributed by atoms with E-state index in [9.17, 15) is 29.8 Å². The molecule has 0 bridgehead atoms. The Morgan fingerprint density at radius 3 is 2.43 bits per heavy atom. The second-order valence-corrected chi connectivity index (χ2v) is 5.74. The zero-order chi connectivity index (χ0) is 20.4. The molecule has 0 aliphatic rings. The molecule has 0 fully saturated rings. The topological polar surface area (TPSA) is 165 Å². The molecule has 0 spiro atoms. The van der Waals surface area contributed by atoms with Crippen LogP contribution in [0.1, 0.15) is 17.0 Å². The number of rotatable bonds is 5. The number of hydrogen-bond donors (Lipinski definition) is 2. The Labute approximate surface area is 155 Å².